The van der Waals surface area contributed by atoms with Crippen LogP contribution in [-0.2, 0) is 21.3 Å². The summed E-state index contributed by atoms with van der Waals surface area (Å²) in [5.74, 6) is 0. The fourth-order valence-electron chi connectivity index (χ4n) is 5.61. The number of nitrogens with zero attached hydrogens (tertiary/aromatic N) is 1. The van der Waals surface area contributed by atoms with Crippen LogP contribution in [0.2, 0.25) is 0 Å². The molecule has 2 heteroatoms. The van der Waals surface area contributed by atoms with Crippen LogP contribution in [0.3, 0.4) is 0 Å². The molecule has 0 amide bonds. The second-order valence-corrected chi connectivity index (χ2v) is 15.8. The summed E-state index contributed by atoms with van der Waals surface area (Å²) < 4.78 is 3.73. The van der Waals surface area contributed by atoms with Crippen molar-refractivity contribution in [3.8, 4) is 11.1 Å². The Kier molecular flexibility index (Phi) is 6.09. The molecule has 1 atom stereocenters. The Balaban J connectivity index is 1.71. The third kappa shape index (κ3) is 4.05. The van der Waals surface area contributed by atoms with E-state index in [4.69, 9.17) is 0 Å². The van der Waals surface area contributed by atoms with Gasteiger partial charge in [0.05, 0.1) is 0 Å². The molecule has 0 heterocycles. The summed E-state index contributed by atoms with van der Waals surface area (Å²) in [6.45, 7) is 0. The van der Waals surface area contributed by atoms with Gasteiger partial charge in [0.25, 0.3) is 0 Å². The quantitative estimate of drug-likeness (QED) is 0.257. The molecule has 4 aromatic rings. The molecule has 0 spiro atoms. The summed E-state index contributed by atoms with van der Waals surface area (Å²) in [5, 5.41) is 0. The van der Waals surface area contributed by atoms with Gasteiger partial charge in [0.2, 0.25) is 0 Å². The van der Waals surface area contributed by atoms with E-state index in [0.29, 0.717) is 3.63 Å². The Morgan fingerprint density at radius 2 is 1.34 bits per heavy atom. The number of hydrogen-bond donors (Lipinski definition) is 0. The van der Waals surface area contributed by atoms with E-state index in [0.717, 1.165) is 6.42 Å². The molecule has 1 unspecified atom stereocenters. The third-order valence-corrected chi connectivity index (χ3v) is 15.5. The Morgan fingerprint density at radius 1 is 0.714 bits per heavy atom. The molecule has 4 aromatic carbocycles. The number of allylic oxidation sites excluding steroid dienone is 4. The summed E-state index contributed by atoms with van der Waals surface area (Å²) in [4.78, 5) is 2.23. The fraction of sp³-hybridized carbons (Fsp3) is 0.121. The molecule has 170 valence electrons. The van der Waals surface area contributed by atoms with E-state index >= 15 is 0 Å². The van der Waals surface area contributed by atoms with Crippen LogP contribution < -0.4 is 4.90 Å². The van der Waals surface area contributed by atoms with Crippen LogP contribution in [0.1, 0.15) is 32.3 Å². The zero-order chi connectivity index (χ0) is 23.8. The first-order valence-electron chi connectivity index (χ1n) is 12.3. The molecule has 0 radical (unpaired) electrons. The van der Waals surface area contributed by atoms with Crippen molar-refractivity contribution in [1.82, 2.24) is 0 Å². The van der Waals surface area contributed by atoms with Crippen LogP contribution in [0, 0.1) is 0 Å². The molecule has 2 aliphatic rings. The van der Waals surface area contributed by atoms with Crippen molar-refractivity contribution in [2.45, 2.75) is 10.0 Å². The molecule has 6 rings (SSSR count). The first-order chi connectivity index (χ1) is 17.2. The van der Waals surface area contributed by atoms with Crippen molar-refractivity contribution in [3.05, 3.63) is 147 Å². The molecule has 0 saturated carbocycles. The number of benzene rings is 4. The summed E-state index contributed by atoms with van der Waals surface area (Å²) >= 11 is -2.55. The Bertz CT molecular complexity index is 1430. The predicted octanol–water partition coefficient (Wildman–Crippen LogP) is 7.55. The van der Waals surface area contributed by atoms with Gasteiger partial charge in [0, 0.05) is 0 Å². The van der Waals surface area contributed by atoms with Gasteiger partial charge in [0.1, 0.15) is 0 Å². The zero-order valence-electron chi connectivity index (χ0n) is 20.3. The second kappa shape index (κ2) is 9.52. The monoisotopic (exact) mass is 529 g/mol. The van der Waals surface area contributed by atoms with Crippen LogP contribution in [0.5, 0.6) is 0 Å². The van der Waals surface area contributed by atoms with Gasteiger partial charge in [-0.2, -0.15) is 0 Å². The molecule has 0 saturated heterocycles. The molecule has 0 N–H and O–H groups in total. The molecular weight excluding hydrogens is 502 g/mol. The number of anilines is 1. The van der Waals surface area contributed by atoms with Gasteiger partial charge < -0.3 is 0 Å². The number of hydrogen-bond acceptors (Lipinski definition) is 1. The van der Waals surface area contributed by atoms with Crippen molar-refractivity contribution >= 4 is 8.89 Å². The normalized spacial score (nSPS) is 15.4. The van der Waals surface area contributed by atoms with E-state index in [9.17, 15) is 0 Å². The Labute approximate surface area is 216 Å². The summed E-state index contributed by atoms with van der Waals surface area (Å²) in [6.07, 6.45) is 8.15. The van der Waals surface area contributed by atoms with Crippen LogP contribution in [-0.4, -0.2) is 17.3 Å². The van der Waals surface area contributed by atoms with Gasteiger partial charge in [-0.05, 0) is 0 Å². The maximum atomic E-state index is 2.47. The second-order valence-electron chi connectivity index (χ2n) is 9.53. The molecule has 0 fully saturated rings. The average molecular weight is 531 g/mol. The molecule has 35 heavy (non-hydrogen) atoms. The minimum absolute atomic E-state index is 0.449. The zero-order valence-corrected chi connectivity index (χ0v) is 22.7. The third-order valence-electron chi connectivity index (χ3n) is 7.22. The van der Waals surface area contributed by atoms with Gasteiger partial charge in [0.15, 0.2) is 0 Å². The SMILES string of the molecule is CN(C)c1ccc2c(c1)[CH]([Zr]([C]1=CC=CC1)=[C](c1ccccc1)c1ccccc1)c1ccccc1-2. The van der Waals surface area contributed by atoms with Gasteiger partial charge in [-0.25, -0.2) is 0 Å². The van der Waals surface area contributed by atoms with Crippen LogP contribution >= 0.6 is 0 Å². The molecule has 0 aliphatic heterocycles. The first kappa shape index (κ1) is 22.4. The summed E-state index contributed by atoms with van der Waals surface area (Å²) in [7, 11) is 4.29. The number of fused-ring (bicyclic) bond motifs is 3. The standard InChI is InChI=1S/C15H14N.C13H10.C5H5.Zr/c1-16(2)13-7-8-15-12(10-13)9-11-5-3-4-6-14(11)15;1-3-7-12(8-4-1)11-13-9-5-2-6-10-13;1-2-4-5-3-1;/h3-10H,1-2H3;1-10H;1-3H,4H2;. The molecule has 0 aromatic heterocycles. The van der Waals surface area contributed by atoms with Gasteiger partial charge in [-0.3, -0.25) is 0 Å². The van der Waals surface area contributed by atoms with Crippen LogP contribution in [0.15, 0.2) is 125 Å². The minimum atomic E-state index is -2.55. The predicted molar refractivity (Wildman–Crippen MR) is 146 cm³/mol. The van der Waals surface area contributed by atoms with Crippen molar-refractivity contribution in [1.29, 1.82) is 0 Å². The topological polar surface area (TPSA) is 3.24 Å². The Morgan fingerprint density at radius 3 is 1.97 bits per heavy atom. The summed E-state index contributed by atoms with van der Waals surface area (Å²) in [5.41, 5.74) is 9.92. The molecule has 0 bridgehead atoms. The van der Waals surface area contributed by atoms with E-state index in [1.54, 1.807) is 6.49 Å². The molecule has 1 nitrogen and oxygen atoms in total. The van der Waals surface area contributed by atoms with E-state index in [1.165, 1.54) is 39.1 Å². The number of rotatable bonds is 5. The molecular formula is C33H29NZr. The van der Waals surface area contributed by atoms with Crippen molar-refractivity contribution in [2.24, 2.45) is 0 Å². The van der Waals surface area contributed by atoms with E-state index < -0.39 is 21.3 Å². The first-order valence-corrected chi connectivity index (χ1v) is 16.2. The Hall–Kier alpha value is -3.09. The van der Waals surface area contributed by atoms with Gasteiger partial charge in [-0.1, -0.05) is 0 Å². The van der Waals surface area contributed by atoms with Gasteiger partial charge in [-0.15, -0.1) is 0 Å². The van der Waals surface area contributed by atoms with E-state index in [-0.39, 0.29) is 0 Å². The summed E-state index contributed by atoms with van der Waals surface area (Å²) in [6, 6.07) is 38.6. The average Bonchev–Trinajstić information content (AvgIpc) is 3.55. The van der Waals surface area contributed by atoms with E-state index in [1.807, 2.05) is 0 Å². The van der Waals surface area contributed by atoms with Crippen molar-refractivity contribution < 1.29 is 21.3 Å². The van der Waals surface area contributed by atoms with Crippen LogP contribution in [0.4, 0.5) is 5.69 Å². The fourth-order valence-corrected chi connectivity index (χ4v) is 14.6. The van der Waals surface area contributed by atoms with E-state index in [2.05, 4.69) is 140 Å². The molecule has 2 aliphatic carbocycles. The van der Waals surface area contributed by atoms with Crippen molar-refractivity contribution in [2.75, 3.05) is 19.0 Å². The van der Waals surface area contributed by atoms with Crippen LogP contribution in [0.25, 0.3) is 11.1 Å². The van der Waals surface area contributed by atoms with Gasteiger partial charge >= 0.3 is 217 Å². The van der Waals surface area contributed by atoms with Crippen molar-refractivity contribution in [3.63, 3.8) is 0 Å². The maximum absolute atomic E-state index is 2.55.